The normalized spacial score (nSPS) is 19.5. The molecule has 1 saturated heterocycles. The fourth-order valence-electron chi connectivity index (χ4n) is 3.93. The smallest absolute Gasteiger partial charge is 0.254 e. The molecule has 0 spiro atoms. The van der Waals surface area contributed by atoms with Gasteiger partial charge in [0.05, 0.1) is 11.6 Å². The lowest BCUT2D eigenvalue weighted by Gasteiger charge is -2.25. The third-order valence-corrected chi connectivity index (χ3v) is 7.63. The summed E-state index contributed by atoms with van der Waals surface area (Å²) in [6.07, 6.45) is 5.50. The van der Waals surface area contributed by atoms with Crippen molar-refractivity contribution in [2.45, 2.75) is 49.5 Å². The van der Waals surface area contributed by atoms with Gasteiger partial charge in [-0.05, 0) is 74.9 Å². The second-order valence-electron chi connectivity index (χ2n) is 8.17. The second kappa shape index (κ2) is 9.69. The molecule has 166 valence electrons. The number of hydrogen-bond donors (Lipinski definition) is 1. The van der Waals surface area contributed by atoms with Gasteiger partial charge in [0.1, 0.15) is 10.6 Å². The number of rotatable bonds is 10. The summed E-state index contributed by atoms with van der Waals surface area (Å²) >= 11 is 6.06. The van der Waals surface area contributed by atoms with E-state index in [1.807, 2.05) is 24.3 Å². The zero-order valence-corrected chi connectivity index (χ0v) is 18.9. The van der Waals surface area contributed by atoms with Crippen molar-refractivity contribution in [1.29, 1.82) is 0 Å². The van der Waals surface area contributed by atoms with E-state index in [0.29, 0.717) is 13.2 Å². The zero-order valence-electron chi connectivity index (χ0n) is 17.3. The van der Waals surface area contributed by atoms with Gasteiger partial charge >= 0.3 is 0 Å². The van der Waals surface area contributed by atoms with Crippen LogP contribution in [0.4, 0.5) is 0 Å². The molecular weight excluding hydrogens is 436 g/mol. The van der Waals surface area contributed by atoms with Crippen LogP contribution in [0, 0.1) is 5.92 Å². The van der Waals surface area contributed by atoms with Crippen LogP contribution in [0.3, 0.4) is 0 Å². The molecular formula is C23H27ClN2O4S. The van der Waals surface area contributed by atoms with Gasteiger partial charge in [0.15, 0.2) is 5.78 Å². The second-order valence-corrected chi connectivity index (χ2v) is 10.2. The molecule has 2 aromatic rings. The number of Topliss-reactive ketones (excluding diaryl/α,β-unsaturated/α-hetero) is 1. The Morgan fingerprint density at radius 1 is 1.10 bits per heavy atom. The highest BCUT2D eigenvalue weighted by molar-refractivity contribution is 7.89. The third kappa shape index (κ3) is 5.66. The van der Waals surface area contributed by atoms with Gasteiger partial charge in [-0.3, -0.25) is 4.79 Å². The lowest BCUT2D eigenvalue weighted by Crippen LogP contribution is -2.45. The molecule has 1 aliphatic heterocycles. The Bertz CT molecular complexity index is 1020. The summed E-state index contributed by atoms with van der Waals surface area (Å²) < 4.78 is 31.2. The first-order valence-corrected chi connectivity index (χ1v) is 12.6. The number of ether oxygens (including phenoxy) is 1. The van der Waals surface area contributed by atoms with Crippen LogP contribution in [0.2, 0.25) is 5.02 Å². The Labute approximate surface area is 188 Å². The molecule has 0 amide bonds. The predicted molar refractivity (Wildman–Crippen MR) is 120 cm³/mol. The highest BCUT2D eigenvalue weighted by atomic mass is 35.5. The maximum Gasteiger partial charge on any atom is 0.254 e. The molecule has 4 rings (SSSR count). The number of nitrogens with one attached hydrogen (secondary N) is 1. The van der Waals surface area contributed by atoms with Crippen molar-refractivity contribution in [2.75, 3.05) is 13.2 Å². The van der Waals surface area contributed by atoms with Crippen molar-refractivity contribution in [2.24, 2.45) is 5.92 Å². The molecule has 0 radical (unpaired) electrons. The SMILES string of the molecule is O=C(c1ccc(OCCCC2CCCN2NS(=O)(=O)c2ccccc2Cl)cc1)C1CC1. The fourth-order valence-corrected chi connectivity index (χ4v) is 5.60. The highest BCUT2D eigenvalue weighted by Crippen LogP contribution is 2.33. The van der Waals surface area contributed by atoms with Crippen LogP contribution in [0.15, 0.2) is 53.4 Å². The minimum atomic E-state index is -3.71. The van der Waals surface area contributed by atoms with Crippen LogP contribution in [0.25, 0.3) is 0 Å². The van der Waals surface area contributed by atoms with E-state index in [0.717, 1.165) is 49.8 Å². The summed E-state index contributed by atoms with van der Waals surface area (Å²) in [6.45, 7) is 1.21. The Balaban J connectivity index is 1.25. The number of carbonyl (C=O) groups excluding carboxylic acids is 1. The quantitative estimate of drug-likeness (QED) is 0.417. The Kier molecular flexibility index (Phi) is 6.96. The van der Waals surface area contributed by atoms with E-state index in [1.165, 1.54) is 6.07 Å². The first kappa shape index (κ1) is 22.3. The van der Waals surface area contributed by atoms with E-state index in [-0.39, 0.29) is 27.7 Å². The Morgan fingerprint density at radius 2 is 1.84 bits per heavy atom. The molecule has 1 atom stereocenters. The molecule has 1 N–H and O–H groups in total. The predicted octanol–water partition coefficient (Wildman–Crippen LogP) is 4.45. The van der Waals surface area contributed by atoms with Crippen molar-refractivity contribution in [1.82, 2.24) is 9.84 Å². The van der Waals surface area contributed by atoms with Gasteiger partial charge in [-0.15, -0.1) is 4.83 Å². The third-order valence-electron chi connectivity index (χ3n) is 5.78. The first-order chi connectivity index (χ1) is 14.9. The summed E-state index contributed by atoms with van der Waals surface area (Å²) in [5, 5.41) is 2.01. The maximum absolute atomic E-state index is 12.7. The van der Waals surface area contributed by atoms with E-state index < -0.39 is 10.0 Å². The number of carbonyl (C=O) groups is 1. The van der Waals surface area contributed by atoms with E-state index >= 15 is 0 Å². The first-order valence-electron chi connectivity index (χ1n) is 10.7. The van der Waals surface area contributed by atoms with E-state index in [9.17, 15) is 13.2 Å². The van der Waals surface area contributed by atoms with Crippen LogP contribution in [0.5, 0.6) is 5.75 Å². The van der Waals surface area contributed by atoms with Gasteiger partial charge in [-0.2, -0.15) is 0 Å². The Hall–Kier alpha value is -1.93. The van der Waals surface area contributed by atoms with Gasteiger partial charge in [0.2, 0.25) is 0 Å². The minimum absolute atomic E-state index is 0.0919. The lowest BCUT2D eigenvalue weighted by molar-refractivity contribution is 0.0967. The van der Waals surface area contributed by atoms with E-state index in [4.69, 9.17) is 16.3 Å². The van der Waals surface area contributed by atoms with Crippen LogP contribution < -0.4 is 9.57 Å². The van der Waals surface area contributed by atoms with Crippen LogP contribution in [-0.2, 0) is 10.0 Å². The van der Waals surface area contributed by atoms with Crippen molar-refractivity contribution in [3.63, 3.8) is 0 Å². The molecule has 0 aromatic heterocycles. The molecule has 1 aliphatic carbocycles. The zero-order chi connectivity index (χ0) is 21.8. The summed E-state index contributed by atoms with van der Waals surface area (Å²) in [7, 11) is -3.71. The average Bonchev–Trinajstić information content (AvgIpc) is 3.52. The highest BCUT2D eigenvalue weighted by Gasteiger charge is 2.30. The van der Waals surface area contributed by atoms with Gasteiger partial charge in [0, 0.05) is 24.1 Å². The summed E-state index contributed by atoms with van der Waals surface area (Å²) in [4.78, 5) is 14.9. The van der Waals surface area contributed by atoms with Crippen molar-refractivity contribution in [3.8, 4) is 5.75 Å². The number of sulfonamides is 1. The number of ketones is 1. The summed E-state index contributed by atoms with van der Waals surface area (Å²) in [5.41, 5.74) is 0.752. The molecule has 0 bridgehead atoms. The molecule has 2 fully saturated rings. The van der Waals surface area contributed by atoms with Gasteiger partial charge in [0.25, 0.3) is 10.0 Å². The van der Waals surface area contributed by atoms with Crippen molar-refractivity contribution < 1.29 is 17.9 Å². The molecule has 1 heterocycles. The molecule has 2 aliphatic rings. The van der Waals surface area contributed by atoms with Crippen molar-refractivity contribution >= 4 is 27.4 Å². The maximum atomic E-state index is 12.7. The van der Waals surface area contributed by atoms with Crippen LogP contribution in [0.1, 0.15) is 48.9 Å². The fraction of sp³-hybridized carbons (Fsp3) is 0.435. The number of nitrogens with zero attached hydrogens (tertiary/aromatic N) is 1. The van der Waals surface area contributed by atoms with Gasteiger partial charge in [-0.1, -0.05) is 23.7 Å². The summed E-state index contributed by atoms with van der Waals surface area (Å²) in [6, 6.07) is 13.9. The van der Waals surface area contributed by atoms with Crippen LogP contribution >= 0.6 is 11.6 Å². The van der Waals surface area contributed by atoms with E-state index in [1.54, 1.807) is 23.2 Å². The summed E-state index contributed by atoms with van der Waals surface area (Å²) in [5.74, 6) is 1.19. The standard InChI is InChI=1S/C23H27ClN2O4S/c24-21-7-1-2-8-22(21)31(28,29)25-26-15-3-5-19(26)6-4-16-30-20-13-11-18(12-14-20)23(27)17-9-10-17/h1-2,7-8,11-14,17,19,25H,3-6,9-10,15-16H2. The molecule has 6 nitrogen and oxygen atoms in total. The largest absolute Gasteiger partial charge is 0.494 e. The van der Waals surface area contributed by atoms with Gasteiger partial charge < -0.3 is 4.74 Å². The van der Waals surface area contributed by atoms with Crippen LogP contribution in [-0.4, -0.2) is 38.4 Å². The number of halogens is 1. The molecule has 1 unspecified atom stereocenters. The molecule has 2 aromatic carbocycles. The topological polar surface area (TPSA) is 75.7 Å². The van der Waals surface area contributed by atoms with Crippen molar-refractivity contribution in [3.05, 3.63) is 59.1 Å². The monoisotopic (exact) mass is 462 g/mol. The van der Waals surface area contributed by atoms with E-state index in [2.05, 4.69) is 4.83 Å². The molecule has 1 saturated carbocycles. The number of hydrogen-bond acceptors (Lipinski definition) is 5. The molecule has 31 heavy (non-hydrogen) atoms. The Morgan fingerprint density at radius 3 is 2.55 bits per heavy atom. The van der Waals surface area contributed by atoms with Gasteiger partial charge in [-0.25, -0.2) is 13.4 Å². The lowest BCUT2D eigenvalue weighted by atomic mass is 10.1. The minimum Gasteiger partial charge on any atom is -0.494 e. The molecule has 8 heteroatoms. The number of benzene rings is 2. The average molecular weight is 463 g/mol. The number of hydrazine groups is 1.